The van der Waals surface area contributed by atoms with Gasteiger partial charge in [0, 0.05) is 6.54 Å². The van der Waals surface area contributed by atoms with Crippen molar-refractivity contribution in [2.24, 2.45) is 0 Å². The molecule has 1 heterocycles. The first-order valence-corrected chi connectivity index (χ1v) is 5.83. The van der Waals surface area contributed by atoms with E-state index >= 15 is 0 Å². The number of rotatable bonds is 4. The van der Waals surface area contributed by atoms with Crippen LogP contribution in [0, 0.1) is 0 Å². The molecule has 0 fully saturated rings. The topological polar surface area (TPSA) is 58.0 Å². The Labute approximate surface area is 102 Å². The van der Waals surface area contributed by atoms with Gasteiger partial charge in [-0.25, -0.2) is 0 Å². The minimum Gasteiger partial charge on any atom is -0.387 e. The van der Waals surface area contributed by atoms with Crippen molar-refractivity contribution in [1.29, 1.82) is 0 Å². The van der Waals surface area contributed by atoms with E-state index in [0.29, 0.717) is 17.5 Å². The quantitative estimate of drug-likeness (QED) is 0.881. The summed E-state index contributed by atoms with van der Waals surface area (Å²) in [6, 6.07) is 9.41. The summed E-state index contributed by atoms with van der Waals surface area (Å²) in [4.78, 5) is 0. The summed E-state index contributed by atoms with van der Waals surface area (Å²) >= 11 is 6.80. The van der Waals surface area contributed by atoms with Gasteiger partial charge in [-0.15, -0.1) is 0 Å². The molecule has 0 saturated heterocycles. The molecular weight excluding hydrogens is 246 g/mol. The number of hydrogen-bond donors (Lipinski definition) is 2. The standard InChI is InChI=1S/C10H10ClN3OS/c11-9-10(14-16-13-9)12-6-8(15)7-4-2-1-3-5-7/h1-5,8,15H,6H2,(H,12,14). The maximum Gasteiger partial charge on any atom is 0.186 e. The van der Waals surface area contributed by atoms with Crippen LogP contribution < -0.4 is 5.32 Å². The van der Waals surface area contributed by atoms with Gasteiger partial charge in [0.2, 0.25) is 0 Å². The molecule has 0 radical (unpaired) electrons. The molecule has 1 aromatic carbocycles. The van der Waals surface area contributed by atoms with Crippen molar-refractivity contribution in [3.63, 3.8) is 0 Å². The van der Waals surface area contributed by atoms with Crippen molar-refractivity contribution in [1.82, 2.24) is 8.75 Å². The van der Waals surface area contributed by atoms with Crippen LogP contribution in [0.25, 0.3) is 0 Å². The van der Waals surface area contributed by atoms with Crippen LogP contribution in [0.4, 0.5) is 5.82 Å². The third kappa shape index (κ3) is 2.69. The fourth-order valence-electron chi connectivity index (χ4n) is 1.27. The molecule has 0 spiro atoms. The molecule has 1 atom stereocenters. The molecule has 0 saturated carbocycles. The van der Waals surface area contributed by atoms with Crippen LogP contribution in [0.5, 0.6) is 0 Å². The molecule has 2 rings (SSSR count). The summed E-state index contributed by atoms with van der Waals surface area (Å²) in [6.45, 7) is 0.356. The third-order valence-electron chi connectivity index (χ3n) is 2.10. The zero-order chi connectivity index (χ0) is 11.4. The fraction of sp³-hybridized carbons (Fsp3) is 0.200. The predicted molar refractivity (Wildman–Crippen MR) is 64.8 cm³/mol. The van der Waals surface area contributed by atoms with Crippen molar-refractivity contribution in [3.8, 4) is 0 Å². The first kappa shape index (κ1) is 11.3. The van der Waals surface area contributed by atoms with Gasteiger partial charge in [0.15, 0.2) is 11.0 Å². The van der Waals surface area contributed by atoms with Crippen molar-refractivity contribution < 1.29 is 5.11 Å². The zero-order valence-corrected chi connectivity index (χ0v) is 9.87. The van der Waals surface area contributed by atoms with Gasteiger partial charge >= 0.3 is 0 Å². The van der Waals surface area contributed by atoms with Crippen LogP contribution >= 0.6 is 23.3 Å². The SMILES string of the molecule is OC(CNc1nsnc1Cl)c1ccccc1. The minimum absolute atomic E-state index is 0.338. The van der Waals surface area contributed by atoms with Crippen LogP contribution in [0.2, 0.25) is 5.15 Å². The molecule has 2 N–H and O–H groups in total. The second-order valence-corrected chi connectivity index (χ2v) is 4.10. The number of aromatic nitrogens is 2. The second kappa shape index (κ2) is 5.25. The van der Waals surface area contributed by atoms with Crippen molar-refractivity contribution in [3.05, 3.63) is 41.0 Å². The highest BCUT2D eigenvalue weighted by atomic mass is 35.5. The van der Waals surface area contributed by atoms with Crippen LogP contribution in [0.1, 0.15) is 11.7 Å². The Hall–Kier alpha value is -1.17. The van der Waals surface area contributed by atoms with Gasteiger partial charge < -0.3 is 10.4 Å². The van der Waals surface area contributed by atoms with Gasteiger partial charge in [-0.1, -0.05) is 41.9 Å². The number of aliphatic hydroxyl groups excluding tert-OH is 1. The predicted octanol–water partition coefficient (Wildman–Crippen LogP) is 2.34. The first-order chi connectivity index (χ1) is 7.77. The van der Waals surface area contributed by atoms with Gasteiger partial charge in [0.25, 0.3) is 0 Å². The van der Waals surface area contributed by atoms with E-state index in [4.69, 9.17) is 11.6 Å². The first-order valence-electron chi connectivity index (χ1n) is 4.72. The molecule has 0 bridgehead atoms. The molecule has 6 heteroatoms. The van der Waals surface area contributed by atoms with E-state index in [-0.39, 0.29) is 0 Å². The molecule has 1 aromatic heterocycles. The lowest BCUT2D eigenvalue weighted by Gasteiger charge is -2.11. The van der Waals surface area contributed by atoms with E-state index in [9.17, 15) is 5.11 Å². The van der Waals surface area contributed by atoms with E-state index in [0.717, 1.165) is 17.3 Å². The van der Waals surface area contributed by atoms with Gasteiger partial charge in [0.1, 0.15) is 0 Å². The molecule has 4 nitrogen and oxygen atoms in total. The van der Waals surface area contributed by atoms with E-state index < -0.39 is 6.10 Å². The average molecular weight is 256 g/mol. The summed E-state index contributed by atoms with van der Waals surface area (Å²) in [5.41, 5.74) is 0.856. The summed E-state index contributed by atoms with van der Waals surface area (Å²) in [5.74, 6) is 0.515. The Morgan fingerprint density at radius 3 is 2.69 bits per heavy atom. The lowest BCUT2D eigenvalue weighted by atomic mass is 10.1. The lowest BCUT2D eigenvalue weighted by molar-refractivity contribution is 0.191. The number of nitrogens with one attached hydrogen (secondary N) is 1. The van der Waals surface area contributed by atoms with Gasteiger partial charge in [-0.05, 0) is 5.56 Å². The molecule has 2 aromatic rings. The molecule has 0 aliphatic heterocycles. The van der Waals surface area contributed by atoms with Crippen LogP contribution in [-0.2, 0) is 0 Å². The largest absolute Gasteiger partial charge is 0.387 e. The Kier molecular flexibility index (Phi) is 3.71. The molecule has 0 amide bonds. The van der Waals surface area contributed by atoms with Crippen molar-refractivity contribution in [2.75, 3.05) is 11.9 Å². The molecule has 1 unspecified atom stereocenters. The fourth-order valence-corrected chi connectivity index (χ4v) is 1.95. The smallest absolute Gasteiger partial charge is 0.186 e. The molecule has 0 aliphatic rings. The van der Waals surface area contributed by atoms with E-state index in [2.05, 4.69) is 14.1 Å². The van der Waals surface area contributed by atoms with Gasteiger partial charge in [0.05, 0.1) is 17.8 Å². The maximum absolute atomic E-state index is 9.86. The zero-order valence-electron chi connectivity index (χ0n) is 8.30. The number of benzene rings is 1. The number of nitrogens with zero attached hydrogens (tertiary/aromatic N) is 2. The summed E-state index contributed by atoms with van der Waals surface area (Å²) < 4.78 is 7.78. The Morgan fingerprint density at radius 1 is 1.31 bits per heavy atom. The van der Waals surface area contributed by atoms with E-state index in [1.165, 1.54) is 0 Å². The Morgan fingerprint density at radius 2 is 2.06 bits per heavy atom. The highest BCUT2D eigenvalue weighted by molar-refractivity contribution is 6.99. The summed E-state index contributed by atoms with van der Waals surface area (Å²) in [7, 11) is 0. The minimum atomic E-state index is -0.584. The van der Waals surface area contributed by atoms with Crippen molar-refractivity contribution in [2.45, 2.75) is 6.10 Å². The Bertz CT molecular complexity index is 448. The third-order valence-corrected chi connectivity index (χ3v) is 2.99. The summed E-state index contributed by atoms with van der Waals surface area (Å²) in [5, 5.41) is 13.1. The average Bonchev–Trinajstić information content (AvgIpc) is 2.73. The highest BCUT2D eigenvalue weighted by Gasteiger charge is 2.09. The molecule has 0 aliphatic carbocycles. The lowest BCUT2D eigenvalue weighted by Crippen LogP contribution is -2.12. The van der Waals surface area contributed by atoms with Crippen LogP contribution in [0.15, 0.2) is 30.3 Å². The number of aliphatic hydroxyl groups is 1. The highest BCUT2D eigenvalue weighted by Crippen LogP contribution is 2.19. The van der Waals surface area contributed by atoms with Gasteiger partial charge in [-0.3, -0.25) is 0 Å². The maximum atomic E-state index is 9.86. The molecule has 84 valence electrons. The second-order valence-electron chi connectivity index (χ2n) is 3.21. The van der Waals surface area contributed by atoms with Crippen molar-refractivity contribution >= 4 is 29.1 Å². The summed E-state index contributed by atoms with van der Waals surface area (Å²) in [6.07, 6.45) is -0.584. The monoisotopic (exact) mass is 255 g/mol. The van der Waals surface area contributed by atoms with Crippen LogP contribution in [-0.4, -0.2) is 20.4 Å². The Balaban J connectivity index is 1.94. The molecule has 16 heavy (non-hydrogen) atoms. The number of hydrogen-bond acceptors (Lipinski definition) is 5. The van der Waals surface area contributed by atoms with E-state index in [1.54, 1.807) is 0 Å². The number of halogens is 1. The molecular formula is C10H10ClN3OS. The van der Waals surface area contributed by atoms with Gasteiger partial charge in [-0.2, -0.15) is 8.75 Å². The number of anilines is 1. The normalized spacial score (nSPS) is 12.4. The van der Waals surface area contributed by atoms with E-state index in [1.807, 2.05) is 30.3 Å². The van der Waals surface area contributed by atoms with Crippen LogP contribution in [0.3, 0.4) is 0 Å².